The van der Waals surface area contributed by atoms with Gasteiger partial charge in [0, 0.05) is 27.3 Å². The maximum atomic E-state index is 12.9. The zero-order valence-corrected chi connectivity index (χ0v) is 14.6. The first-order chi connectivity index (χ1) is 11.2. The highest BCUT2D eigenvalue weighted by Crippen LogP contribution is 2.45. The molecular weight excluding hydrogens is 348 g/mol. The summed E-state index contributed by atoms with van der Waals surface area (Å²) < 4.78 is 30.6. The van der Waals surface area contributed by atoms with E-state index in [1.165, 1.54) is 0 Å². The van der Waals surface area contributed by atoms with Crippen LogP contribution < -0.4 is 0 Å². The lowest BCUT2D eigenvalue weighted by atomic mass is 9.64. The Morgan fingerprint density at radius 1 is 1.29 bits per heavy atom. The van der Waals surface area contributed by atoms with Crippen LogP contribution in [0.3, 0.4) is 0 Å². The number of hydrogen-bond acceptors (Lipinski definition) is 5. The lowest BCUT2D eigenvalue weighted by molar-refractivity contribution is 0.0799. The number of rotatable bonds is 4. The number of fused-ring (bicyclic) bond motifs is 2. The largest absolute Gasteiger partial charge is 0.293 e. The van der Waals surface area contributed by atoms with Gasteiger partial charge in [-0.15, -0.1) is 11.8 Å². The van der Waals surface area contributed by atoms with Crippen LogP contribution in [0.25, 0.3) is 0 Å². The van der Waals surface area contributed by atoms with E-state index in [2.05, 4.69) is 0 Å². The van der Waals surface area contributed by atoms with Gasteiger partial charge in [0.15, 0.2) is 11.6 Å². The van der Waals surface area contributed by atoms with Crippen molar-refractivity contribution in [2.24, 2.45) is 5.41 Å². The van der Waals surface area contributed by atoms with Gasteiger partial charge in [0.25, 0.3) is 10.1 Å². The standard InChI is InChI=1S/C17H16O5S2/c1-17-8-3-2-6-12(17)15(18)14-11(16(17)19)5-4-7-13(14)23-9-10-24(20,21)22/h2-7H,8-10H2,1H3,(H,20,21,22). The maximum absolute atomic E-state index is 12.9. The highest BCUT2D eigenvalue weighted by molar-refractivity contribution is 8.00. The van der Waals surface area contributed by atoms with E-state index in [1.807, 2.05) is 6.08 Å². The Morgan fingerprint density at radius 2 is 2.04 bits per heavy atom. The smallest absolute Gasteiger partial charge is 0.265 e. The predicted molar refractivity (Wildman–Crippen MR) is 92.2 cm³/mol. The molecule has 0 aromatic heterocycles. The molecule has 0 aliphatic heterocycles. The molecule has 24 heavy (non-hydrogen) atoms. The lowest BCUT2D eigenvalue weighted by Gasteiger charge is -2.36. The zero-order chi connectivity index (χ0) is 17.5. The van der Waals surface area contributed by atoms with Gasteiger partial charge in [-0.25, -0.2) is 0 Å². The number of Topliss-reactive ketones (excluding diaryl/α,β-unsaturated/α-hetero) is 2. The van der Waals surface area contributed by atoms with Crippen LogP contribution in [0.1, 0.15) is 34.1 Å². The van der Waals surface area contributed by atoms with Gasteiger partial charge in [-0.3, -0.25) is 14.1 Å². The number of allylic oxidation sites excluding steroid dienone is 4. The summed E-state index contributed by atoms with van der Waals surface area (Å²) in [5, 5.41) is 0. The van der Waals surface area contributed by atoms with Gasteiger partial charge in [-0.2, -0.15) is 8.42 Å². The Labute approximate surface area is 144 Å². The summed E-state index contributed by atoms with van der Waals surface area (Å²) in [5.41, 5.74) is 0.357. The molecule has 1 N–H and O–H groups in total. The molecule has 7 heteroatoms. The van der Waals surface area contributed by atoms with Crippen LogP contribution in [0.5, 0.6) is 0 Å². The molecule has 1 aromatic carbocycles. The van der Waals surface area contributed by atoms with E-state index in [9.17, 15) is 18.0 Å². The van der Waals surface area contributed by atoms with Crippen molar-refractivity contribution in [2.45, 2.75) is 18.2 Å². The minimum absolute atomic E-state index is 0.0927. The molecule has 0 heterocycles. The minimum Gasteiger partial charge on any atom is -0.293 e. The lowest BCUT2D eigenvalue weighted by Crippen LogP contribution is -2.40. The number of carbonyl (C=O) groups excluding carboxylic acids is 2. The fraction of sp³-hybridized carbons (Fsp3) is 0.294. The molecule has 2 aliphatic rings. The summed E-state index contributed by atoms with van der Waals surface area (Å²) in [6, 6.07) is 5.03. The fourth-order valence-corrected chi connectivity index (χ4v) is 4.98. The third kappa shape index (κ3) is 2.87. The normalized spacial score (nSPS) is 22.8. The van der Waals surface area contributed by atoms with Crippen molar-refractivity contribution in [2.75, 3.05) is 11.5 Å². The summed E-state index contributed by atoms with van der Waals surface area (Å²) in [5.74, 6) is -0.587. The Hall–Kier alpha value is -1.70. The summed E-state index contributed by atoms with van der Waals surface area (Å²) >= 11 is 1.15. The molecule has 0 spiro atoms. The van der Waals surface area contributed by atoms with Gasteiger partial charge in [-0.05, 0) is 19.4 Å². The monoisotopic (exact) mass is 364 g/mol. The number of benzene rings is 1. The fourth-order valence-electron chi connectivity index (χ4n) is 3.07. The van der Waals surface area contributed by atoms with Gasteiger partial charge in [0.1, 0.15) is 0 Å². The summed E-state index contributed by atoms with van der Waals surface area (Å²) in [7, 11) is -4.06. The highest BCUT2D eigenvalue weighted by atomic mass is 32.2. The van der Waals surface area contributed by atoms with Crippen LogP contribution >= 0.6 is 11.8 Å². The van der Waals surface area contributed by atoms with Crippen LogP contribution in [0.4, 0.5) is 0 Å². The van der Waals surface area contributed by atoms with Gasteiger partial charge < -0.3 is 0 Å². The number of hydrogen-bond donors (Lipinski definition) is 1. The molecule has 1 unspecified atom stereocenters. The van der Waals surface area contributed by atoms with E-state index in [-0.39, 0.29) is 17.3 Å². The van der Waals surface area contributed by atoms with E-state index < -0.39 is 21.3 Å². The van der Waals surface area contributed by atoms with Crippen molar-refractivity contribution in [3.63, 3.8) is 0 Å². The van der Waals surface area contributed by atoms with E-state index in [1.54, 1.807) is 37.3 Å². The Balaban J connectivity index is 2.03. The van der Waals surface area contributed by atoms with Crippen LogP contribution in [0.2, 0.25) is 0 Å². The molecule has 0 fully saturated rings. The second-order valence-electron chi connectivity index (χ2n) is 6.02. The van der Waals surface area contributed by atoms with Crippen molar-refractivity contribution < 1.29 is 22.6 Å². The van der Waals surface area contributed by atoms with Crippen LogP contribution in [-0.2, 0) is 10.1 Å². The van der Waals surface area contributed by atoms with Crippen LogP contribution in [0.15, 0.2) is 46.9 Å². The van der Waals surface area contributed by atoms with Gasteiger partial charge in [-0.1, -0.05) is 30.4 Å². The predicted octanol–water partition coefficient (Wildman–Crippen LogP) is 2.94. The Bertz CT molecular complexity index is 896. The first-order valence-corrected chi connectivity index (χ1v) is 10.0. The highest BCUT2D eigenvalue weighted by Gasteiger charge is 2.47. The number of ketones is 2. The zero-order valence-electron chi connectivity index (χ0n) is 13.0. The first kappa shape index (κ1) is 17.1. The second kappa shape index (κ2) is 5.98. The molecule has 2 aliphatic carbocycles. The molecule has 0 amide bonds. The van der Waals surface area contributed by atoms with Crippen molar-refractivity contribution in [1.29, 1.82) is 0 Å². The molecule has 3 rings (SSSR count). The van der Waals surface area contributed by atoms with Crippen molar-refractivity contribution in [3.8, 4) is 0 Å². The Kier molecular flexibility index (Phi) is 4.27. The van der Waals surface area contributed by atoms with Gasteiger partial charge in [0.2, 0.25) is 0 Å². The first-order valence-electron chi connectivity index (χ1n) is 7.42. The SMILES string of the molecule is CC12CC=CC=C1C(=O)c1c(SCCS(=O)(=O)O)cccc1C2=O. The van der Waals surface area contributed by atoms with Gasteiger partial charge in [0.05, 0.1) is 11.2 Å². The maximum Gasteiger partial charge on any atom is 0.265 e. The molecule has 0 bridgehead atoms. The average Bonchev–Trinajstić information content (AvgIpc) is 2.51. The number of carbonyl (C=O) groups is 2. The van der Waals surface area contributed by atoms with Crippen molar-refractivity contribution >= 4 is 33.4 Å². The van der Waals surface area contributed by atoms with Crippen molar-refractivity contribution in [1.82, 2.24) is 0 Å². The molecule has 1 atom stereocenters. The third-order valence-corrected chi connectivity index (χ3v) is 6.40. The van der Waals surface area contributed by atoms with Crippen LogP contribution in [-0.4, -0.2) is 36.0 Å². The Morgan fingerprint density at radius 3 is 2.75 bits per heavy atom. The molecular formula is C17H16O5S2. The number of thioether (sulfide) groups is 1. The summed E-state index contributed by atoms with van der Waals surface area (Å²) in [6.07, 6.45) is 5.83. The van der Waals surface area contributed by atoms with Gasteiger partial charge >= 0.3 is 0 Å². The van der Waals surface area contributed by atoms with E-state index >= 15 is 0 Å². The quantitative estimate of drug-likeness (QED) is 0.653. The third-order valence-electron chi connectivity index (χ3n) is 4.36. The van der Waals surface area contributed by atoms with E-state index in [0.717, 1.165) is 11.8 Å². The van der Waals surface area contributed by atoms with Crippen LogP contribution in [0, 0.1) is 5.41 Å². The molecule has 0 radical (unpaired) electrons. The molecule has 0 saturated heterocycles. The topological polar surface area (TPSA) is 88.5 Å². The molecule has 126 valence electrons. The molecule has 0 saturated carbocycles. The van der Waals surface area contributed by atoms with Crippen molar-refractivity contribution in [3.05, 3.63) is 53.1 Å². The van der Waals surface area contributed by atoms with E-state index in [4.69, 9.17) is 4.55 Å². The summed E-state index contributed by atoms with van der Waals surface area (Å²) in [6.45, 7) is 1.78. The average molecular weight is 364 g/mol. The molecule has 5 nitrogen and oxygen atoms in total. The second-order valence-corrected chi connectivity index (χ2v) is 8.73. The summed E-state index contributed by atoms with van der Waals surface area (Å²) in [4.78, 5) is 26.4. The van der Waals surface area contributed by atoms with E-state index in [0.29, 0.717) is 28.0 Å². The molecule has 1 aromatic rings. The minimum atomic E-state index is -4.06.